The Bertz CT molecular complexity index is 1020. The number of benzene rings is 1. The maximum Gasteiger partial charge on any atom is 0.252 e. The number of hydrogen-bond acceptors (Lipinski definition) is 3. The third-order valence-corrected chi connectivity index (χ3v) is 7.78. The zero-order valence-corrected chi connectivity index (χ0v) is 18.0. The summed E-state index contributed by atoms with van der Waals surface area (Å²) >= 11 is 6.39. The van der Waals surface area contributed by atoms with Crippen molar-refractivity contribution in [2.45, 2.75) is 45.4 Å². The van der Waals surface area contributed by atoms with E-state index >= 15 is 0 Å². The van der Waals surface area contributed by atoms with Gasteiger partial charge >= 0.3 is 0 Å². The summed E-state index contributed by atoms with van der Waals surface area (Å²) in [7, 11) is 0. The van der Waals surface area contributed by atoms with E-state index in [1.165, 1.54) is 38.5 Å². The molecule has 30 heavy (non-hydrogen) atoms. The molecule has 2 aromatic rings. The molecule has 1 N–H and O–H groups in total. The van der Waals surface area contributed by atoms with Crippen LogP contribution in [-0.2, 0) is 0 Å². The normalized spacial score (nSPS) is 28.9. The predicted molar refractivity (Wildman–Crippen MR) is 117 cm³/mol. The fourth-order valence-corrected chi connectivity index (χ4v) is 6.81. The van der Waals surface area contributed by atoms with Gasteiger partial charge in [-0.3, -0.25) is 4.79 Å². The molecular weight excluding hydrogens is 394 g/mol. The largest absolute Gasteiger partial charge is 0.351 e. The molecule has 4 aliphatic carbocycles. The van der Waals surface area contributed by atoms with Gasteiger partial charge in [-0.25, -0.2) is 4.98 Å². The lowest BCUT2D eigenvalue weighted by atomic mass is 9.49. The molecule has 4 fully saturated rings. The lowest BCUT2D eigenvalue weighted by molar-refractivity contribution is -0.0503. The van der Waals surface area contributed by atoms with E-state index in [9.17, 15) is 10.1 Å². The van der Waals surface area contributed by atoms with Gasteiger partial charge in [-0.1, -0.05) is 17.7 Å². The molecule has 4 bridgehead atoms. The van der Waals surface area contributed by atoms with Crippen LogP contribution in [0.15, 0.2) is 30.3 Å². The Kier molecular flexibility index (Phi) is 4.82. The highest BCUT2D eigenvalue weighted by Gasteiger charge is 2.50. The van der Waals surface area contributed by atoms with Crippen molar-refractivity contribution in [2.75, 3.05) is 6.54 Å². The van der Waals surface area contributed by atoms with Crippen molar-refractivity contribution in [2.24, 2.45) is 23.2 Å². The summed E-state index contributed by atoms with van der Waals surface area (Å²) in [5.74, 6) is 2.45. The van der Waals surface area contributed by atoms with Crippen LogP contribution in [0.3, 0.4) is 0 Å². The standard InChI is InChI=1S/C25H26ClN3O/c1-15-2-4-20(23(13-27)29-15)19-3-5-22(26)21(9-19)24(30)28-14-25-10-16-6-17(11-25)8-18(7-16)12-25/h2-5,9,16-18H,6-8,10-12,14H2,1H3,(H,28,30). The van der Waals surface area contributed by atoms with Crippen LogP contribution in [-0.4, -0.2) is 17.4 Å². The van der Waals surface area contributed by atoms with E-state index in [4.69, 9.17) is 11.6 Å². The number of pyridine rings is 1. The van der Waals surface area contributed by atoms with Crippen LogP contribution in [0.5, 0.6) is 0 Å². The van der Waals surface area contributed by atoms with Crippen LogP contribution < -0.4 is 5.32 Å². The fourth-order valence-electron chi connectivity index (χ4n) is 6.61. The Morgan fingerprint density at radius 2 is 1.83 bits per heavy atom. The molecule has 5 heteroatoms. The fraction of sp³-hybridized carbons (Fsp3) is 0.480. The molecule has 4 aliphatic rings. The Morgan fingerprint density at radius 1 is 1.17 bits per heavy atom. The number of amides is 1. The Hall–Kier alpha value is -2.38. The highest BCUT2D eigenvalue weighted by Crippen LogP contribution is 2.59. The minimum atomic E-state index is -0.129. The molecule has 1 aromatic heterocycles. The number of nitrogens with zero attached hydrogens (tertiary/aromatic N) is 2. The van der Waals surface area contributed by atoms with Crippen LogP contribution in [0.25, 0.3) is 11.1 Å². The lowest BCUT2D eigenvalue weighted by Gasteiger charge is -2.56. The molecular formula is C25H26ClN3O. The molecule has 0 radical (unpaired) electrons. The van der Waals surface area contributed by atoms with Gasteiger partial charge in [-0.15, -0.1) is 0 Å². The first-order valence-electron chi connectivity index (χ1n) is 10.9. The van der Waals surface area contributed by atoms with E-state index in [1.54, 1.807) is 12.1 Å². The second-order valence-electron chi connectivity index (χ2n) is 9.76. The smallest absolute Gasteiger partial charge is 0.252 e. The monoisotopic (exact) mass is 419 g/mol. The summed E-state index contributed by atoms with van der Waals surface area (Å²) in [6.45, 7) is 2.60. The molecule has 0 spiro atoms. The molecule has 0 unspecified atom stereocenters. The number of aromatic nitrogens is 1. The Morgan fingerprint density at radius 3 is 2.47 bits per heavy atom. The van der Waals surface area contributed by atoms with Crippen molar-refractivity contribution < 1.29 is 4.79 Å². The van der Waals surface area contributed by atoms with Gasteiger partial charge in [0.05, 0.1) is 10.6 Å². The molecule has 0 atom stereocenters. The first-order valence-corrected chi connectivity index (χ1v) is 11.3. The molecule has 0 saturated heterocycles. The molecule has 4 nitrogen and oxygen atoms in total. The van der Waals surface area contributed by atoms with Gasteiger partial charge in [0, 0.05) is 17.8 Å². The maximum atomic E-state index is 13.1. The molecule has 6 rings (SSSR count). The lowest BCUT2D eigenvalue weighted by Crippen LogP contribution is -2.51. The van der Waals surface area contributed by atoms with Gasteiger partial charge < -0.3 is 5.32 Å². The molecule has 154 valence electrons. The predicted octanol–water partition coefficient (Wildman–Crippen LogP) is 5.53. The van der Waals surface area contributed by atoms with Gasteiger partial charge in [0.15, 0.2) is 0 Å². The van der Waals surface area contributed by atoms with Crippen molar-refractivity contribution >= 4 is 17.5 Å². The van der Waals surface area contributed by atoms with E-state index in [-0.39, 0.29) is 11.3 Å². The van der Waals surface area contributed by atoms with Crippen molar-refractivity contribution in [1.29, 1.82) is 5.26 Å². The number of nitriles is 1. The minimum Gasteiger partial charge on any atom is -0.351 e. The summed E-state index contributed by atoms with van der Waals surface area (Å²) in [5, 5.41) is 13.1. The second kappa shape index (κ2) is 7.39. The van der Waals surface area contributed by atoms with Crippen LogP contribution in [0.4, 0.5) is 0 Å². The number of halogens is 1. The van der Waals surface area contributed by atoms with Crippen LogP contribution >= 0.6 is 11.6 Å². The van der Waals surface area contributed by atoms with Crippen molar-refractivity contribution in [3.05, 3.63) is 52.3 Å². The van der Waals surface area contributed by atoms with E-state index in [2.05, 4.69) is 16.4 Å². The van der Waals surface area contributed by atoms with E-state index in [1.807, 2.05) is 25.1 Å². The van der Waals surface area contributed by atoms with Gasteiger partial charge in [0.1, 0.15) is 11.8 Å². The summed E-state index contributed by atoms with van der Waals surface area (Å²) in [5.41, 5.74) is 3.39. The summed E-state index contributed by atoms with van der Waals surface area (Å²) in [4.78, 5) is 17.4. The topological polar surface area (TPSA) is 65.8 Å². The Balaban J connectivity index is 1.36. The summed E-state index contributed by atoms with van der Waals surface area (Å²) in [6, 6.07) is 11.3. The third kappa shape index (κ3) is 3.50. The first kappa shape index (κ1) is 19.6. The average Bonchev–Trinajstić information content (AvgIpc) is 2.71. The van der Waals surface area contributed by atoms with E-state index < -0.39 is 0 Å². The van der Waals surface area contributed by atoms with Gasteiger partial charge in [-0.05, 0) is 98.4 Å². The molecule has 1 heterocycles. The zero-order valence-electron chi connectivity index (χ0n) is 17.2. The highest BCUT2D eigenvalue weighted by molar-refractivity contribution is 6.34. The van der Waals surface area contributed by atoms with Crippen LogP contribution in [0.2, 0.25) is 5.02 Å². The maximum absolute atomic E-state index is 13.1. The van der Waals surface area contributed by atoms with Crippen LogP contribution in [0.1, 0.15) is 60.3 Å². The molecule has 1 amide bonds. The number of carbonyl (C=O) groups is 1. The van der Waals surface area contributed by atoms with Crippen LogP contribution in [0, 0.1) is 41.4 Å². The molecule has 4 saturated carbocycles. The van der Waals surface area contributed by atoms with Crippen molar-refractivity contribution in [3.8, 4) is 17.2 Å². The van der Waals surface area contributed by atoms with E-state index in [0.717, 1.165) is 41.1 Å². The van der Waals surface area contributed by atoms with Gasteiger partial charge in [0.25, 0.3) is 5.91 Å². The van der Waals surface area contributed by atoms with Gasteiger partial charge in [-0.2, -0.15) is 5.26 Å². The SMILES string of the molecule is Cc1ccc(-c2ccc(Cl)c(C(=O)NCC34CC5CC(CC(C5)C3)C4)c2)c(C#N)n1. The number of hydrogen-bond donors (Lipinski definition) is 1. The average molecular weight is 420 g/mol. The number of aryl methyl sites for hydroxylation is 1. The highest BCUT2D eigenvalue weighted by atomic mass is 35.5. The first-order chi connectivity index (χ1) is 14.4. The zero-order chi connectivity index (χ0) is 20.9. The summed E-state index contributed by atoms with van der Waals surface area (Å²) in [6.07, 6.45) is 7.96. The van der Waals surface area contributed by atoms with E-state index in [0.29, 0.717) is 16.3 Å². The van der Waals surface area contributed by atoms with Crippen molar-refractivity contribution in [3.63, 3.8) is 0 Å². The van der Waals surface area contributed by atoms with Gasteiger partial charge in [0.2, 0.25) is 0 Å². The third-order valence-electron chi connectivity index (χ3n) is 7.45. The quantitative estimate of drug-likeness (QED) is 0.708. The number of nitrogens with one attached hydrogen (secondary N) is 1. The number of carbonyl (C=O) groups excluding carboxylic acids is 1. The Labute approximate surface area is 182 Å². The minimum absolute atomic E-state index is 0.129. The summed E-state index contributed by atoms with van der Waals surface area (Å²) < 4.78 is 0. The molecule has 0 aliphatic heterocycles. The number of rotatable bonds is 4. The van der Waals surface area contributed by atoms with Crippen molar-refractivity contribution in [1.82, 2.24) is 10.3 Å². The molecule has 1 aromatic carbocycles. The second-order valence-corrected chi connectivity index (χ2v) is 10.2.